The normalized spacial score (nSPS) is 44.7. The van der Waals surface area contributed by atoms with Crippen LogP contribution in [0.3, 0.4) is 0 Å². The van der Waals surface area contributed by atoms with Gasteiger partial charge in [-0.15, -0.1) is 0 Å². The molecular weight excluding hydrogens is 188 g/mol. The summed E-state index contributed by atoms with van der Waals surface area (Å²) in [5.41, 5.74) is 0. The van der Waals surface area contributed by atoms with Crippen LogP contribution < -0.4 is 0 Å². The molecule has 0 aromatic carbocycles. The first kappa shape index (κ1) is 7.91. The molecule has 4 heteroatoms. The van der Waals surface area contributed by atoms with Crippen LogP contribution in [0.2, 0.25) is 0 Å². The molecule has 0 radical (unpaired) electrons. The predicted molar refractivity (Wildman–Crippen MR) is 56.7 cm³/mol. The highest BCUT2D eigenvalue weighted by Gasteiger charge is 2.60. The van der Waals surface area contributed by atoms with Crippen LogP contribution >= 0.6 is 0 Å². The van der Waals surface area contributed by atoms with Crippen molar-refractivity contribution in [2.45, 2.75) is 18.8 Å². The van der Waals surface area contributed by atoms with Crippen LogP contribution in [0.4, 0.5) is 0 Å². The number of hydrogen-bond acceptors (Lipinski definition) is 4. The van der Waals surface area contributed by atoms with E-state index >= 15 is 0 Å². The summed E-state index contributed by atoms with van der Waals surface area (Å²) in [6.07, 6.45) is 11.3. The summed E-state index contributed by atoms with van der Waals surface area (Å²) in [4.78, 5) is 4.68. The maximum absolute atomic E-state index is 2.39. The van der Waals surface area contributed by atoms with Gasteiger partial charge in [-0.2, -0.15) is 0 Å². The molecular formula is C11H16N4. The summed E-state index contributed by atoms with van der Waals surface area (Å²) in [6.45, 7) is 0. The molecule has 0 bridgehead atoms. The van der Waals surface area contributed by atoms with Gasteiger partial charge in [-0.1, -0.05) is 0 Å². The summed E-state index contributed by atoms with van der Waals surface area (Å²) in [5, 5.41) is 4.78. The number of fused-ring (bicyclic) bond motifs is 6. The smallest absolute Gasteiger partial charge is 0.123 e. The lowest BCUT2D eigenvalue weighted by molar-refractivity contribution is -0.0989. The Kier molecular flexibility index (Phi) is 1.19. The molecule has 4 atom stereocenters. The Morgan fingerprint density at radius 2 is 1.27 bits per heavy atom. The maximum Gasteiger partial charge on any atom is 0.123 e. The van der Waals surface area contributed by atoms with Crippen molar-refractivity contribution in [3.63, 3.8) is 0 Å². The molecule has 15 heavy (non-hydrogen) atoms. The molecule has 1 aliphatic carbocycles. The second kappa shape index (κ2) is 2.26. The molecule has 4 unspecified atom stereocenters. The van der Waals surface area contributed by atoms with E-state index in [0.29, 0.717) is 12.3 Å². The first-order valence-corrected chi connectivity index (χ1v) is 5.64. The molecule has 80 valence electrons. The molecule has 0 amide bonds. The van der Waals surface area contributed by atoms with Gasteiger partial charge in [0.1, 0.15) is 12.3 Å². The van der Waals surface area contributed by atoms with E-state index in [1.165, 1.54) is 6.42 Å². The fraction of sp³-hybridized carbons (Fsp3) is 0.636. The van der Waals surface area contributed by atoms with E-state index in [2.05, 4.69) is 58.7 Å². The average molecular weight is 204 g/mol. The largest absolute Gasteiger partial charge is 0.357 e. The third-order valence-electron chi connectivity index (χ3n) is 4.21. The number of nitrogens with zero attached hydrogens (tertiary/aromatic N) is 4. The van der Waals surface area contributed by atoms with Gasteiger partial charge < -0.3 is 9.80 Å². The van der Waals surface area contributed by atoms with Crippen LogP contribution in [0.5, 0.6) is 0 Å². The van der Waals surface area contributed by atoms with Crippen LogP contribution in [-0.4, -0.2) is 46.2 Å². The highest BCUT2D eigenvalue weighted by molar-refractivity contribution is 5.15. The first-order chi connectivity index (χ1) is 7.27. The van der Waals surface area contributed by atoms with Gasteiger partial charge in [0.15, 0.2) is 0 Å². The molecule has 4 rings (SSSR count). The van der Waals surface area contributed by atoms with Crippen molar-refractivity contribution in [3.8, 4) is 0 Å². The van der Waals surface area contributed by atoms with E-state index < -0.39 is 0 Å². The zero-order chi connectivity index (χ0) is 10.2. The molecule has 0 aromatic rings. The molecule has 0 aromatic heterocycles. The monoisotopic (exact) mass is 204 g/mol. The number of rotatable bonds is 0. The Morgan fingerprint density at radius 3 is 1.73 bits per heavy atom. The molecule has 3 aliphatic heterocycles. The molecule has 4 nitrogen and oxygen atoms in total. The zero-order valence-corrected chi connectivity index (χ0v) is 9.11. The first-order valence-electron chi connectivity index (χ1n) is 5.64. The molecule has 3 heterocycles. The van der Waals surface area contributed by atoms with Crippen molar-refractivity contribution in [1.82, 2.24) is 19.8 Å². The second-order valence-corrected chi connectivity index (χ2v) is 5.08. The van der Waals surface area contributed by atoms with Crippen molar-refractivity contribution < 1.29 is 0 Å². The van der Waals surface area contributed by atoms with Gasteiger partial charge in [0.2, 0.25) is 0 Å². The van der Waals surface area contributed by atoms with Gasteiger partial charge in [-0.25, -0.2) is 0 Å². The van der Waals surface area contributed by atoms with Gasteiger partial charge in [-0.05, 0) is 6.42 Å². The molecule has 1 saturated carbocycles. The molecule has 2 fully saturated rings. The van der Waals surface area contributed by atoms with E-state index in [1.807, 2.05) is 0 Å². The van der Waals surface area contributed by atoms with Gasteiger partial charge in [-0.3, -0.25) is 10.0 Å². The lowest BCUT2D eigenvalue weighted by atomic mass is 10.1. The standard InChI is InChI=1S/C11H16N4/c1-12-3-5-14-10(12)8-7-9(8)11-13(2)4-6-15(11)14/h3-6,8-11H,7H2,1-2H3. The number of hydrogen-bond donors (Lipinski definition) is 0. The van der Waals surface area contributed by atoms with Crippen LogP contribution in [0, 0.1) is 11.8 Å². The van der Waals surface area contributed by atoms with E-state index in [-0.39, 0.29) is 0 Å². The van der Waals surface area contributed by atoms with Crippen LogP contribution in [-0.2, 0) is 0 Å². The Hall–Kier alpha value is -1.32. The fourth-order valence-electron chi connectivity index (χ4n) is 3.42. The van der Waals surface area contributed by atoms with Crippen molar-refractivity contribution in [2.24, 2.45) is 11.8 Å². The quantitative estimate of drug-likeness (QED) is 0.574. The Morgan fingerprint density at radius 1 is 0.800 bits per heavy atom. The fourth-order valence-corrected chi connectivity index (χ4v) is 3.42. The lowest BCUT2D eigenvalue weighted by Crippen LogP contribution is -2.56. The predicted octanol–water partition coefficient (Wildman–Crippen LogP) is 0.641. The van der Waals surface area contributed by atoms with E-state index in [1.54, 1.807) is 0 Å². The topological polar surface area (TPSA) is 13.0 Å². The minimum Gasteiger partial charge on any atom is -0.357 e. The van der Waals surface area contributed by atoms with Crippen molar-refractivity contribution in [3.05, 3.63) is 24.8 Å². The highest BCUT2D eigenvalue weighted by atomic mass is 15.7. The van der Waals surface area contributed by atoms with Crippen LogP contribution in [0.25, 0.3) is 0 Å². The third-order valence-corrected chi connectivity index (χ3v) is 4.21. The van der Waals surface area contributed by atoms with Crippen LogP contribution in [0.1, 0.15) is 6.42 Å². The highest BCUT2D eigenvalue weighted by Crippen LogP contribution is 2.54. The Bertz CT molecular complexity index is 330. The molecule has 0 N–H and O–H groups in total. The minimum atomic E-state index is 0.572. The molecule has 0 spiro atoms. The van der Waals surface area contributed by atoms with E-state index in [4.69, 9.17) is 0 Å². The average Bonchev–Trinajstić information content (AvgIpc) is 2.77. The van der Waals surface area contributed by atoms with Gasteiger partial charge >= 0.3 is 0 Å². The lowest BCUT2D eigenvalue weighted by Gasteiger charge is -2.45. The van der Waals surface area contributed by atoms with Crippen LogP contribution in [0.15, 0.2) is 24.8 Å². The number of hydrazine groups is 1. The second-order valence-electron chi connectivity index (χ2n) is 5.08. The summed E-state index contributed by atoms with van der Waals surface area (Å²) in [6, 6.07) is 0. The summed E-state index contributed by atoms with van der Waals surface area (Å²) < 4.78 is 0. The summed E-state index contributed by atoms with van der Waals surface area (Å²) in [5.74, 6) is 1.71. The maximum atomic E-state index is 2.39. The molecule has 4 aliphatic rings. The van der Waals surface area contributed by atoms with Gasteiger partial charge in [0, 0.05) is 50.7 Å². The summed E-state index contributed by atoms with van der Waals surface area (Å²) >= 11 is 0. The zero-order valence-electron chi connectivity index (χ0n) is 9.11. The van der Waals surface area contributed by atoms with Crippen molar-refractivity contribution in [2.75, 3.05) is 14.1 Å². The minimum absolute atomic E-state index is 0.572. The summed E-state index contributed by atoms with van der Waals surface area (Å²) in [7, 11) is 4.36. The Labute approximate surface area is 90.0 Å². The van der Waals surface area contributed by atoms with E-state index in [0.717, 1.165) is 11.8 Å². The third kappa shape index (κ3) is 0.794. The Balaban J connectivity index is 1.74. The van der Waals surface area contributed by atoms with Gasteiger partial charge in [0.25, 0.3) is 0 Å². The van der Waals surface area contributed by atoms with Crippen molar-refractivity contribution in [1.29, 1.82) is 0 Å². The van der Waals surface area contributed by atoms with E-state index in [9.17, 15) is 0 Å². The molecule has 1 saturated heterocycles. The SMILES string of the molecule is CN1C=CN2C1C1CC1C1N(C)C=CN12. The van der Waals surface area contributed by atoms with Gasteiger partial charge in [0.05, 0.1) is 0 Å². The van der Waals surface area contributed by atoms with Crippen molar-refractivity contribution >= 4 is 0 Å².